The number of carbonyl (C=O) groups excluding carboxylic acids is 4. The molecule has 2 aromatic rings. The van der Waals surface area contributed by atoms with Gasteiger partial charge in [0.25, 0.3) is 5.91 Å². The van der Waals surface area contributed by atoms with Crippen LogP contribution in [0.25, 0.3) is 0 Å². The molecular weight excluding hydrogens is 791 g/mol. The second kappa shape index (κ2) is 19.0. The van der Waals surface area contributed by atoms with E-state index in [0.717, 1.165) is 56.1 Å². The fraction of sp³-hybridized carbons (Fsp3) is 0.619. The van der Waals surface area contributed by atoms with Crippen LogP contribution in [-0.2, 0) is 38.1 Å². The molecule has 4 aliphatic heterocycles. The normalized spacial score (nSPS) is 19.8. The van der Waals surface area contributed by atoms with Gasteiger partial charge >= 0.3 is 24.3 Å². The molecule has 6 rings (SSSR count). The Morgan fingerprint density at radius 1 is 0.915 bits per heavy atom. The lowest BCUT2D eigenvalue weighted by Crippen LogP contribution is -2.59. The molecule has 0 aliphatic carbocycles. The molecule has 59 heavy (non-hydrogen) atoms. The third kappa shape index (κ3) is 10.5. The van der Waals surface area contributed by atoms with Crippen LogP contribution in [0.15, 0.2) is 36.4 Å². The van der Waals surface area contributed by atoms with Crippen molar-refractivity contribution in [3.63, 3.8) is 0 Å². The molecule has 0 bridgehead atoms. The number of rotatable bonds is 11. The van der Waals surface area contributed by atoms with Gasteiger partial charge in [0, 0.05) is 83.1 Å². The predicted molar refractivity (Wildman–Crippen MR) is 218 cm³/mol. The maximum absolute atomic E-state index is 14.2. The number of unbranched alkanes of at least 4 members (excludes halogenated alkanes) is 1. The number of benzene rings is 2. The van der Waals surface area contributed by atoms with Crippen molar-refractivity contribution in [1.82, 2.24) is 24.5 Å². The lowest BCUT2D eigenvalue weighted by molar-refractivity contribution is -0.157. The monoisotopic (exact) mass is 847 g/mol. The number of fused-ring (bicyclic) bond motifs is 1. The average molecular weight is 848 g/mol. The molecule has 3 saturated heterocycles. The molecule has 1 atom stereocenters. The summed E-state index contributed by atoms with van der Waals surface area (Å²) in [5, 5.41) is 2.67. The van der Waals surface area contributed by atoms with Gasteiger partial charge in [0.2, 0.25) is 0 Å². The number of amides is 4. The number of piperazine rings is 1. The first-order valence-electron chi connectivity index (χ1n) is 20.8. The molecule has 0 aromatic heterocycles. The van der Waals surface area contributed by atoms with Gasteiger partial charge in [0.1, 0.15) is 5.54 Å². The number of esters is 1. The smallest absolute Gasteiger partial charge is 0.418 e. The number of alkyl halides is 3. The lowest BCUT2D eigenvalue weighted by Gasteiger charge is -2.46. The number of halogens is 4. The highest BCUT2D eigenvalue weighted by atomic mass is 35.5. The van der Waals surface area contributed by atoms with Gasteiger partial charge in [-0.2, -0.15) is 13.2 Å². The van der Waals surface area contributed by atoms with E-state index in [1.54, 1.807) is 9.80 Å². The summed E-state index contributed by atoms with van der Waals surface area (Å²) < 4.78 is 53.2. The van der Waals surface area contributed by atoms with Crippen molar-refractivity contribution in [1.29, 1.82) is 0 Å². The summed E-state index contributed by atoms with van der Waals surface area (Å²) in [7, 11) is 0. The number of nitrogens with two attached hydrogens (primary N) is 1. The van der Waals surface area contributed by atoms with Crippen LogP contribution in [0.4, 0.5) is 34.1 Å². The first-order valence-corrected chi connectivity index (χ1v) is 21.2. The SMILES string of the molecule is CCCCOC(=O)C(C)(C)N1CCC(N2CCN(C(=O)[C@@H](Cc3cc(Cl)c(N)c(C(F)(F)F)c3)OC(=O)N3CCC(N4CCc5ccccc5NC4=O)CC3)CC2)CC1. The Bertz CT molecular complexity index is 1830. The Morgan fingerprint density at radius 3 is 2.24 bits per heavy atom. The van der Waals surface area contributed by atoms with E-state index < -0.39 is 41.1 Å². The standard InChI is InChI=1S/C42H57ClF3N7O6/c1-4-5-24-58-38(55)41(2,3)52-17-13-30(14-18-52)49-20-22-50(23-21-49)37(54)35(27-28-25-32(42(44,45)46)36(47)33(43)26-28)59-40(57)51-15-11-31(12-16-51)53-19-10-29-8-6-7-9-34(29)48-39(53)56/h6-9,25-26,30-31,35H,4-5,10-24,27,47H2,1-3H3,(H,48,56)/t35-/m1/s1. The van der Waals surface area contributed by atoms with Crippen LogP contribution in [0, 0.1) is 0 Å². The van der Waals surface area contributed by atoms with Gasteiger partial charge in [-0.05, 0) is 81.7 Å². The van der Waals surface area contributed by atoms with E-state index in [9.17, 15) is 32.3 Å². The van der Waals surface area contributed by atoms with Crippen LogP contribution in [0.1, 0.15) is 76.0 Å². The van der Waals surface area contributed by atoms with Gasteiger partial charge in [0.05, 0.1) is 22.9 Å². The molecular formula is C42H57ClF3N7O6. The van der Waals surface area contributed by atoms with Gasteiger partial charge in [-0.1, -0.05) is 43.1 Å². The average Bonchev–Trinajstić information content (AvgIpc) is 3.39. The predicted octanol–water partition coefficient (Wildman–Crippen LogP) is 6.27. The highest BCUT2D eigenvalue weighted by molar-refractivity contribution is 6.33. The minimum Gasteiger partial charge on any atom is -0.464 e. The molecule has 0 saturated carbocycles. The zero-order valence-corrected chi connectivity index (χ0v) is 35.0. The zero-order chi connectivity index (χ0) is 42.5. The fourth-order valence-corrected chi connectivity index (χ4v) is 8.87. The molecule has 4 heterocycles. The number of carbonyl (C=O) groups is 4. The van der Waals surface area contributed by atoms with Gasteiger partial charge in [0.15, 0.2) is 6.10 Å². The molecule has 3 fully saturated rings. The van der Waals surface area contributed by atoms with E-state index in [-0.39, 0.29) is 54.2 Å². The Balaban J connectivity index is 1.08. The Kier molecular flexibility index (Phi) is 14.2. The van der Waals surface area contributed by atoms with Gasteiger partial charge in [-0.25, -0.2) is 9.59 Å². The van der Waals surface area contributed by atoms with Crippen molar-refractivity contribution < 1.29 is 41.8 Å². The lowest BCUT2D eigenvalue weighted by atomic mass is 9.95. The molecule has 4 aliphatic rings. The summed E-state index contributed by atoms with van der Waals surface area (Å²) in [6.07, 6.45) is -2.20. The highest BCUT2D eigenvalue weighted by Crippen LogP contribution is 2.38. The molecule has 0 radical (unpaired) electrons. The van der Waals surface area contributed by atoms with E-state index in [0.29, 0.717) is 58.6 Å². The summed E-state index contributed by atoms with van der Waals surface area (Å²) >= 11 is 6.15. The number of nitrogen functional groups attached to an aromatic ring is 1. The molecule has 17 heteroatoms. The molecule has 4 amide bonds. The number of hydrogen-bond donors (Lipinski definition) is 2. The molecule has 3 N–H and O–H groups in total. The first kappa shape index (κ1) is 44.3. The number of anilines is 2. The summed E-state index contributed by atoms with van der Waals surface area (Å²) in [6.45, 7) is 10.6. The first-order chi connectivity index (χ1) is 28.1. The highest BCUT2D eigenvalue weighted by Gasteiger charge is 2.41. The number of hydrogen-bond acceptors (Lipinski definition) is 9. The van der Waals surface area contributed by atoms with Crippen LogP contribution >= 0.6 is 11.6 Å². The van der Waals surface area contributed by atoms with Crippen molar-refractivity contribution in [2.45, 2.75) is 102 Å². The summed E-state index contributed by atoms with van der Waals surface area (Å²) in [5.41, 5.74) is 5.09. The van der Waals surface area contributed by atoms with Crippen LogP contribution in [0.3, 0.4) is 0 Å². The molecule has 13 nitrogen and oxygen atoms in total. The quantitative estimate of drug-likeness (QED) is 0.152. The van der Waals surface area contributed by atoms with Gasteiger partial charge in [-0.3, -0.25) is 19.4 Å². The van der Waals surface area contributed by atoms with Crippen molar-refractivity contribution in [3.05, 3.63) is 58.1 Å². The second-order valence-corrected chi connectivity index (χ2v) is 16.9. The van der Waals surface area contributed by atoms with E-state index in [4.69, 9.17) is 26.8 Å². The fourth-order valence-electron chi connectivity index (χ4n) is 8.63. The maximum Gasteiger partial charge on any atom is 0.418 e. The third-order valence-corrected chi connectivity index (χ3v) is 12.7. The summed E-state index contributed by atoms with van der Waals surface area (Å²) in [6, 6.07) is 9.72. The van der Waals surface area contributed by atoms with Crippen molar-refractivity contribution >= 4 is 47.0 Å². The van der Waals surface area contributed by atoms with Crippen LogP contribution < -0.4 is 11.1 Å². The number of urea groups is 1. The van der Waals surface area contributed by atoms with Gasteiger partial charge < -0.3 is 35.2 Å². The van der Waals surface area contributed by atoms with Crippen LogP contribution in [0.2, 0.25) is 5.02 Å². The number of nitrogens with one attached hydrogen (secondary N) is 1. The number of piperidine rings is 2. The van der Waals surface area contributed by atoms with Crippen molar-refractivity contribution in [2.75, 3.05) is 76.6 Å². The Labute approximate surface area is 349 Å². The molecule has 324 valence electrons. The minimum absolute atomic E-state index is 0.0529. The number of likely N-dealkylation sites (tertiary alicyclic amines) is 2. The topological polar surface area (TPSA) is 141 Å². The largest absolute Gasteiger partial charge is 0.464 e. The second-order valence-electron chi connectivity index (χ2n) is 16.5. The number of nitrogens with zero attached hydrogens (tertiary/aromatic N) is 5. The zero-order valence-electron chi connectivity index (χ0n) is 34.2. The Hall–Kier alpha value is -4.28. The molecule has 0 spiro atoms. The number of ether oxygens (including phenoxy) is 2. The van der Waals surface area contributed by atoms with E-state index >= 15 is 0 Å². The van der Waals surface area contributed by atoms with Crippen molar-refractivity contribution in [2.24, 2.45) is 0 Å². The Morgan fingerprint density at radius 2 is 1.58 bits per heavy atom. The summed E-state index contributed by atoms with van der Waals surface area (Å²) in [5.74, 6) is -0.728. The van der Waals surface area contributed by atoms with Crippen LogP contribution in [0.5, 0.6) is 0 Å². The van der Waals surface area contributed by atoms with Gasteiger partial charge in [-0.15, -0.1) is 0 Å². The minimum atomic E-state index is -4.79. The molecule has 2 aromatic carbocycles. The van der Waals surface area contributed by atoms with Crippen molar-refractivity contribution in [3.8, 4) is 0 Å². The van der Waals surface area contributed by atoms with E-state index in [1.807, 2.05) is 45.0 Å². The van der Waals surface area contributed by atoms with Crippen LogP contribution in [-0.4, -0.2) is 138 Å². The maximum atomic E-state index is 14.2. The van der Waals surface area contributed by atoms with E-state index in [2.05, 4.69) is 15.1 Å². The third-order valence-electron chi connectivity index (χ3n) is 12.4. The number of para-hydroxylation sites is 1. The summed E-state index contributed by atoms with van der Waals surface area (Å²) in [4.78, 5) is 63.3. The molecule has 0 unspecified atom stereocenters. The van der Waals surface area contributed by atoms with E-state index in [1.165, 1.54) is 11.0 Å².